The molecule has 0 saturated carbocycles. The summed E-state index contributed by atoms with van der Waals surface area (Å²) in [6, 6.07) is 6.36. The number of carbonyl (C=O) groups excluding carboxylic acids is 3. The fourth-order valence-corrected chi connectivity index (χ4v) is 1.44. The summed E-state index contributed by atoms with van der Waals surface area (Å²) in [6.45, 7) is 5.31. The van der Waals surface area contributed by atoms with Crippen molar-refractivity contribution in [2.24, 2.45) is 4.99 Å². The zero-order valence-electron chi connectivity index (χ0n) is 12.3. The van der Waals surface area contributed by atoms with Gasteiger partial charge in [0.25, 0.3) is 5.91 Å². The third kappa shape index (κ3) is 5.99. The molecule has 6 nitrogen and oxygen atoms in total. The average Bonchev–Trinajstić information content (AvgIpc) is 2.41. The van der Waals surface area contributed by atoms with E-state index in [1.807, 2.05) is 0 Å². The van der Waals surface area contributed by atoms with Crippen LogP contribution in [0.15, 0.2) is 29.3 Å². The molecule has 1 aromatic rings. The number of alkyl carbamates (subject to hydrolysis) is 1. The summed E-state index contributed by atoms with van der Waals surface area (Å²) in [5.41, 5.74) is -0.0827. The van der Waals surface area contributed by atoms with E-state index in [1.54, 1.807) is 32.9 Å². The fraction of sp³-hybridized carbons (Fsp3) is 0.333. The second-order valence-electron chi connectivity index (χ2n) is 5.20. The van der Waals surface area contributed by atoms with Gasteiger partial charge in [-0.05, 0) is 26.8 Å². The Bertz CT molecular complexity index is 559. The van der Waals surface area contributed by atoms with Gasteiger partial charge in [-0.15, -0.1) is 0 Å². The lowest BCUT2D eigenvalue weighted by molar-refractivity contribution is 0.0536. The van der Waals surface area contributed by atoms with E-state index in [1.165, 1.54) is 18.3 Å². The molecule has 1 aromatic carbocycles. The van der Waals surface area contributed by atoms with E-state index in [2.05, 4.69) is 10.3 Å². The van der Waals surface area contributed by atoms with Gasteiger partial charge in [0.05, 0.1) is 12.1 Å². The standard InChI is InChI=1S/C15H18N2O4/c1-15(2,3)21-14(20)17-9-8-16-13(19)12-7-5-4-6-11(12)10-18/h4-8,10H,9H2,1-3H3,(H,17,20). The topological polar surface area (TPSA) is 84.8 Å². The van der Waals surface area contributed by atoms with Gasteiger partial charge in [0, 0.05) is 11.8 Å². The summed E-state index contributed by atoms with van der Waals surface area (Å²) in [5.74, 6) is -0.538. The van der Waals surface area contributed by atoms with Gasteiger partial charge in [0.2, 0.25) is 0 Å². The van der Waals surface area contributed by atoms with Crippen molar-refractivity contribution in [3.8, 4) is 0 Å². The van der Waals surface area contributed by atoms with Crippen molar-refractivity contribution in [1.29, 1.82) is 0 Å². The lowest BCUT2D eigenvalue weighted by Gasteiger charge is -2.19. The first-order valence-corrected chi connectivity index (χ1v) is 6.41. The van der Waals surface area contributed by atoms with Crippen LogP contribution in [0.4, 0.5) is 4.79 Å². The molecule has 0 spiro atoms. The number of aliphatic imine (C=N–C) groups is 1. The molecule has 0 bridgehead atoms. The number of ether oxygens (including phenoxy) is 1. The molecule has 0 atom stereocenters. The number of carbonyl (C=O) groups is 3. The van der Waals surface area contributed by atoms with Gasteiger partial charge < -0.3 is 10.1 Å². The van der Waals surface area contributed by atoms with Crippen LogP contribution in [0.3, 0.4) is 0 Å². The molecule has 0 aliphatic rings. The van der Waals surface area contributed by atoms with Crippen LogP contribution in [0.1, 0.15) is 41.5 Å². The van der Waals surface area contributed by atoms with Crippen LogP contribution in [-0.2, 0) is 4.74 Å². The second-order valence-corrected chi connectivity index (χ2v) is 5.20. The molecule has 0 saturated heterocycles. The molecule has 0 aliphatic carbocycles. The molecule has 0 unspecified atom stereocenters. The molecule has 0 aromatic heterocycles. The van der Waals surface area contributed by atoms with E-state index in [9.17, 15) is 14.4 Å². The van der Waals surface area contributed by atoms with Crippen LogP contribution in [0, 0.1) is 0 Å². The Balaban J connectivity index is 2.52. The quantitative estimate of drug-likeness (QED) is 0.680. The minimum absolute atomic E-state index is 0.0594. The predicted octanol–water partition coefficient (Wildman–Crippen LogP) is 2.23. The summed E-state index contributed by atoms with van der Waals surface area (Å²) in [7, 11) is 0. The Morgan fingerprint density at radius 2 is 1.95 bits per heavy atom. The maximum absolute atomic E-state index is 11.8. The lowest BCUT2D eigenvalue weighted by Crippen LogP contribution is -2.33. The van der Waals surface area contributed by atoms with Gasteiger partial charge >= 0.3 is 6.09 Å². The van der Waals surface area contributed by atoms with Crippen molar-refractivity contribution >= 4 is 24.5 Å². The summed E-state index contributed by atoms with van der Waals surface area (Å²) in [6.07, 6.45) is 1.27. The molecule has 112 valence electrons. The number of hydrogen-bond donors (Lipinski definition) is 1. The normalized spacial score (nSPS) is 11.2. The summed E-state index contributed by atoms with van der Waals surface area (Å²) in [5, 5.41) is 2.44. The maximum Gasteiger partial charge on any atom is 0.407 e. The van der Waals surface area contributed by atoms with Crippen LogP contribution >= 0.6 is 0 Å². The SMILES string of the molecule is CC(C)(C)OC(=O)NCC=NC(=O)c1ccccc1C=O. The van der Waals surface area contributed by atoms with Crippen LogP contribution in [0.5, 0.6) is 0 Å². The highest BCUT2D eigenvalue weighted by Gasteiger charge is 2.15. The van der Waals surface area contributed by atoms with Crippen molar-refractivity contribution in [2.45, 2.75) is 26.4 Å². The van der Waals surface area contributed by atoms with E-state index in [4.69, 9.17) is 4.74 Å². The van der Waals surface area contributed by atoms with E-state index in [-0.39, 0.29) is 17.7 Å². The second kappa shape index (κ2) is 7.33. The summed E-state index contributed by atoms with van der Waals surface area (Å²) >= 11 is 0. The molecular formula is C15H18N2O4. The number of rotatable bonds is 4. The Labute approximate surface area is 123 Å². The predicted molar refractivity (Wildman–Crippen MR) is 78.9 cm³/mol. The van der Waals surface area contributed by atoms with Crippen molar-refractivity contribution in [3.63, 3.8) is 0 Å². The highest BCUT2D eigenvalue weighted by Crippen LogP contribution is 2.07. The highest BCUT2D eigenvalue weighted by molar-refractivity contribution is 6.04. The van der Waals surface area contributed by atoms with Gasteiger partial charge in [-0.3, -0.25) is 9.59 Å². The monoisotopic (exact) mass is 290 g/mol. The minimum atomic E-state index is -0.588. The summed E-state index contributed by atoms with van der Waals surface area (Å²) in [4.78, 5) is 37.6. The van der Waals surface area contributed by atoms with Gasteiger partial charge in [0.15, 0.2) is 6.29 Å². The number of aldehydes is 1. The lowest BCUT2D eigenvalue weighted by atomic mass is 10.1. The Hall–Kier alpha value is -2.50. The molecule has 1 rings (SSSR count). The van der Waals surface area contributed by atoms with Gasteiger partial charge in [-0.1, -0.05) is 18.2 Å². The van der Waals surface area contributed by atoms with Crippen molar-refractivity contribution in [3.05, 3.63) is 35.4 Å². The van der Waals surface area contributed by atoms with Crippen LogP contribution in [-0.4, -0.2) is 36.6 Å². The zero-order chi connectivity index (χ0) is 15.9. The van der Waals surface area contributed by atoms with E-state index in [0.717, 1.165) is 0 Å². The maximum atomic E-state index is 11.8. The Morgan fingerprint density at radius 1 is 1.29 bits per heavy atom. The molecule has 6 heteroatoms. The van der Waals surface area contributed by atoms with Crippen LogP contribution in [0.25, 0.3) is 0 Å². The van der Waals surface area contributed by atoms with Gasteiger partial charge in [0.1, 0.15) is 5.60 Å². The third-order valence-corrected chi connectivity index (χ3v) is 2.26. The first-order chi connectivity index (χ1) is 9.83. The van der Waals surface area contributed by atoms with Crippen molar-refractivity contribution < 1.29 is 19.1 Å². The molecule has 2 amide bonds. The largest absolute Gasteiger partial charge is 0.444 e. The molecule has 1 N–H and O–H groups in total. The number of nitrogens with one attached hydrogen (secondary N) is 1. The minimum Gasteiger partial charge on any atom is -0.444 e. The first-order valence-electron chi connectivity index (χ1n) is 6.41. The number of benzene rings is 1. The van der Waals surface area contributed by atoms with E-state index >= 15 is 0 Å². The molecule has 0 aliphatic heterocycles. The van der Waals surface area contributed by atoms with Crippen LogP contribution in [0.2, 0.25) is 0 Å². The average molecular weight is 290 g/mol. The molecular weight excluding hydrogens is 272 g/mol. The number of nitrogens with zero attached hydrogens (tertiary/aromatic N) is 1. The van der Waals surface area contributed by atoms with Gasteiger partial charge in [-0.25, -0.2) is 9.79 Å². The smallest absolute Gasteiger partial charge is 0.407 e. The van der Waals surface area contributed by atoms with E-state index in [0.29, 0.717) is 6.29 Å². The third-order valence-electron chi connectivity index (χ3n) is 2.26. The van der Waals surface area contributed by atoms with E-state index < -0.39 is 17.6 Å². The van der Waals surface area contributed by atoms with Crippen LogP contribution < -0.4 is 5.32 Å². The van der Waals surface area contributed by atoms with Gasteiger partial charge in [-0.2, -0.15) is 0 Å². The molecule has 0 radical (unpaired) electrons. The van der Waals surface area contributed by atoms with Crippen molar-refractivity contribution in [2.75, 3.05) is 6.54 Å². The molecule has 21 heavy (non-hydrogen) atoms. The molecule has 0 fully saturated rings. The summed E-state index contributed by atoms with van der Waals surface area (Å²) < 4.78 is 5.02. The zero-order valence-corrected chi connectivity index (χ0v) is 12.3. The molecule has 0 heterocycles. The highest BCUT2D eigenvalue weighted by atomic mass is 16.6. The number of hydrogen-bond acceptors (Lipinski definition) is 4. The fourth-order valence-electron chi connectivity index (χ4n) is 1.44. The number of amides is 2. The first kappa shape index (κ1) is 16.6. The Kier molecular flexibility index (Phi) is 5.78. The Morgan fingerprint density at radius 3 is 2.57 bits per heavy atom. The van der Waals surface area contributed by atoms with Crippen molar-refractivity contribution in [1.82, 2.24) is 5.32 Å².